The summed E-state index contributed by atoms with van der Waals surface area (Å²) in [6, 6.07) is 15.5. The molecular formula is C22H25Cl2N3O. The number of rotatable bonds is 7. The maximum absolute atomic E-state index is 12.2. The summed E-state index contributed by atoms with van der Waals surface area (Å²) in [6.45, 7) is 5.66. The lowest BCUT2D eigenvalue weighted by Gasteiger charge is -2.34. The van der Waals surface area contributed by atoms with Crippen molar-refractivity contribution in [1.29, 1.82) is 0 Å². The summed E-state index contributed by atoms with van der Waals surface area (Å²) in [5, 5.41) is 3.73. The number of anilines is 1. The number of halogens is 2. The molecule has 4 nitrogen and oxygen atoms in total. The zero-order valence-corrected chi connectivity index (χ0v) is 17.3. The molecule has 0 aromatic heterocycles. The van der Waals surface area contributed by atoms with E-state index < -0.39 is 0 Å². The smallest absolute Gasteiger partial charge is 0.225 e. The van der Waals surface area contributed by atoms with Crippen molar-refractivity contribution in [1.82, 2.24) is 9.80 Å². The van der Waals surface area contributed by atoms with Gasteiger partial charge in [0, 0.05) is 45.7 Å². The Kier molecular flexibility index (Phi) is 7.92. The van der Waals surface area contributed by atoms with Gasteiger partial charge in [-0.05, 0) is 17.7 Å². The second kappa shape index (κ2) is 10.6. The molecule has 2 aromatic carbocycles. The third-order valence-corrected chi connectivity index (χ3v) is 5.45. The first-order valence-electron chi connectivity index (χ1n) is 9.52. The predicted molar refractivity (Wildman–Crippen MR) is 118 cm³/mol. The van der Waals surface area contributed by atoms with Gasteiger partial charge >= 0.3 is 0 Å². The van der Waals surface area contributed by atoms with E-state index in [1.807, 2.05) is 18.2 Å². The van der Waals surface area contributed by atoms with Crippen LogP contribution in [-0.2, 0) is 4.79 Å². The van der Waals surface area contributed by atoms with Crippen LogP contribution in [0.4, 0.5) is 5.69 Å². The van der Waals surface area contributed by atoms with Gasteiger partial charge in [0.15, 0.2) is 0 Å². The van der Waals surface area contributed by atoms with Crippen LogP contribution < -0.4 is 5.32 Å². The van der Waals surface area contributed by atoms with Gasteiger partial charge in [0.05, 0.1) is 15.7 Å². The van der Waals surface area contributed by atoms with Crippen molar-refractivity contribution in [2.24, 2.45) is 0 Å². The minimum absolute atomic E-state index is 0.0665. The maximum atomic E-state index is 12.2. The zero-order chi connectivity index (χ0) is 19.8. The van der Waals surface area contributed by atoms with E-state index in [-0.39, 0.29) is 5.91 Å². The first kappa shape index (κ1) is 20.9. The molecule has 0 atom stereocenters. The number of carbonyl (C=O) groups is 1. The molecule has 0 unspecified atom stereocenters. The van der Waals surface area contributed by atoms with Crippen LogP contribution in [0.15, 0.2) is 54.6 Å². The molecule has 28 heavy (non-hydrogen) atoms. The molecule has 1 N–H and O–H groups in total. The molecule has 3 rings (SSSR count). The lowest BCUT2D eigenvalue weighted by atomic mass is 10.2. The molecule has 0 radical (unpaired) electrons. The second-order valence-corrected chi connectivity index (χ2v) is 7.66. The fourth-order valence-corrected chi connectivity index (χ4v) is 3.67. The van der Waals surface area contributed by atoms with Gasteiger partial charge in [0.25, 0.3) is 0 Å². The number of hydrogen-bond acceptors (Lipinski definition) is 3. The molecule has 1 saturated heterocycles. The molecule has 1 aliphatic heterocycles. The summed E-state index contributed by atoms with van der Waals surface area (Å²) < 4.78 is 0. The average molecular weight is 418 g/mol. The average Bonchev–Trinajstić information content (AvgIpc) is 2.71. The van der Waals surface area contributed by atoms with E-state index in [1.54, 1.807) is 18.2 Å². The topological polar surface area (TPSA) is 35.6 Å². The highest BCUT2D eigenvalue weighted by Crippen LogP contribution is 2.29. The summed E-state index contributed by atoms with van der Waals surface area (Å²) >= 11 is 12.2. The maximum Gasteiger partial charge on any atom is 0.225 e. The Balaban J connectivity index is 1.36. The first-order chi connectivity index (χ1) is 13.6. The Morgan fingerprint density at radius 3 is 2.25 bits per heavy atom. The molecule has 0 bridgehead atoms. The minimum atomic E-state index is -0.0665. The Morgan fingerprint density at radius 2 is 1.57 bits per heavy atom. The Morgan fingerprint density at radius 1 is 0.929 bits per heavy atom. The van der Waals surface area contributed by atoms with Gasteiger partial charge in [-0.25, -0.2) is 0 Å². The number of carbonyl (C=O) groups excluding carboxylic acids is 1. The van der Waals surface area contributed by atoms with E-state index in [1.165, 1.54) is 5.56 Å². The van der Waals surface area contributed by atoms with Crippen LogP contribution in [0.1, 0.15) is 12.0 Å². The predicted octanol–water partition coefficient (Wildman–Crippen LogP) is 4.65. The monoisotopic (exact) mass is 417 g/mol. The van der Waals surface area contributed by atoms with Crippen LogP contribution in [0.25, 0.3) is 6.08 Å². The third-order valence-electron chi connectivity index (χ3n) is 4.82. The number of hydrogen-bond donors (Lipinski definition) is 1. The fourth-order valence-electron chi connectivity index (χ4n) is 3.18. The molecule has 148 valence electrons. The van der Waals surface area contributed by atoms with Gasteiger partial charge in [0.2, 0.25) is 5.91 Å². The first-order valence-corrected chi connectivity index (χ1v) is 10.3. The van der Waals surface area contributed by atoms with Crippen molar-refractivity contribution in [2.45, 2.75) is 6.42 Å². The normalized spacial score (nSPS) is 15.8. The number of amides is 1. The van der Waals surface area contributed by atoms with E-state index in [0.717, 1.165) is 39.3 Å². The van der Waals surface area contributed by atoms with Crippen LogP contribution in [0, 0.1) is 0 Å². The quantitative estimate of drug-likeness (QED) is 0.711. The van der Waals surface area contributed by atoms with Crippen molar-refractivity contribution in [2.75, 3.05) is 44.6 Å². The molecule has 0 aliphatic carbocycles. The highest BCUT2D eigenvalue weighted by Gasteiger charge is 2.17. The number of benzene rings is 2. The molecule has 2 aromatic rings. The summed E-state index contributed by atoms with van der Waals surface area (Å²) in [5.74, 6) is -0.0665. The van der Waals surface area contributed by atoms with Crippen molar-refractivity contribution >= 4 is 40.9 Å². The van der Waals surface area contributed by atoms with Crippen LogP contribution >= 0.6 is 23.2 Å². The summed E-state index contributed by atoms with van der Waals surface area (Å²) in [6.07, 6.45) is 4.80. The molecule has 1 aliphatic rings. The highest BCUT2D eigenvalue weighted by molar-refractivity contribution is 6.39. The van der Waals surface area contributed by atoms with Gasteiger partial charge in [0.1, 0.15) is 0 Å². The number of para-hydroxylation sites is 1. The van der Waals surface area contributed by atoms with Crippen LogP contribution in [0.5, 0.6) is 0 Å². The van der Waals surface area contributed by atoms with Gasteiger partial charge in [-0.3, -0.25) is 9.69 Å². The third kappa shape index (κ3) is 6.35. The van der Waals surface area contributed by atoms with E-state index in [0.29, 0.717) is 22.2 Å². The van der Waals surface area contributed by atoms with Crippen molar-refractivity contribution < 1.29 is 4.79 Å². The molecule has 1 amide bonds. The lowest BCUT2D eigenvalue weighted by Crippen LogP contribution is -2.46. The van der Waals surface area contributed by atoms with Crippen LogP contribution in [0.2, 0.25) is 10.0 Å². The summed E-state index contributed by atoms with van der Waals surface area (Å²) in [5.41, 5.74) is 1.72. The Hall–Kier alpha value is -1.85. The van der Waals surface area contributed by atoms with Gasteiger partial charge in [-0.1, -0.05) is 71.8 Å². The molecule has 1 heterocycles. The molecule has 6 heteroatoms. The lowest BCUT2D eigenvalue weighted by molar-refractivity contribution is -0.116. The van der Waals surface area contributed by atoms with E-state index >= 15 is 0 Å². The van der Waals surface area contributed by atoms with Crippen LogP contribution in [0.3, 0.4) is 0 Å². The summed E-state index contributed by atoms with van der Waals surface area (Å²) in [7, 11) is 0. The summed E-state index contributed by atoms with van der Waals surface area (Å²) in [4.78, 5) is 17.0. The standard InChI is InChI=1S/C22H25Cl2N3O/c23-19-9-4-10-20(24)22(19)25-21(28)11-13-27-16-14-26(15-17-27)12-5-8-18-6-2-1-3-7-18/h1-10H,11-17H2,(H,25,28)/b8-5+. The fraction of sp³-hybridized carbons (Fsp3) is 0.318. The van der Waals surface area contributed by atoms with Crippen molar-refractivity contribution in [3.63, 3.8) is 0 Å². The Labute approximate surface area is 176 Å². The zero-order valence-electron chi connectivity index (χ0n) is 15.8. The molecule has 1 fully saturated rings. The molecule has 0 saturated carbocycles. The Bertz CT molecular complexity index is 782. The SMILES string of the molecule is O=C(CCN1CCN(C/C=C/c2ccccc2)CC1)Nc1c(Cl)cccc1Cl. The largest absolute Gasteiger partial charge is 0.324 e. The van der Waals surface area contributed by atoms with Gasteiger partial charge in [-0.2, -0.15) is 0 Å². The van der Waals surface area contributed by atoms with E-state index in [2.05, 4.69) is 39.4 Å². The van der Waals surface area contributed by atoms with Gasteiger partial charge in [-0.15, -0.1) is 0 Å². The van der Waals surface area contributed by atoms with Crippen molar-refractivity contribution in [3.8, 4) is 0 Å². The number of piperazine rings is 1. The molecular weight excluding hydrogens is 393 g/mol. The highest BCUT2D eigenvalue weighted by atomic mass is 35.5. The van der Waals surface area contributed by atoms with Crippen LogP contribution in [-0.4, -0.2) is 55.0 Å². The minimum Gasteiger partial charge on any atom is -0.324 e. The van der Waals surface area contributed by atoms with E-state index in [9.17, 15) is 4.79 Å². The van der Waals surface area contributed by atoms with Crippen molar-refractivity contribution in [3.05, 3.63) is 70.2 Å². The number of nitrogens with one attached hydrogen (secondary N) is 1. The second-order valence-electron chi connectivity index (χ2n) is 6.85. The van der Waals surface area contributed by atoms with Gasteiger partial charge < -0.3 is 10.2 Å². The number of nitrogens with zero attached hydrogens (tertiary/aromatic N) is 2. The van der Waals surface area contributed by atoms with E-state index in [4.69, 9.17) is 23.2 Å². The molecule has 0 spiro atoms.